The minimum Gasteiger partial charge on any atom is -0.497 e. The third-order valence-electron chi connectivity index (χ3n) is 5.50. The number of anilines is 1. The van der Waals surface area contributed by atoms with Gasteiger partial charge in [0.15, 0.2) is 0 Å². The largest absolute Gasteiger partial charge is 0.497 e. The zero-order valence-electron chi connectivity index (χ0n) is 19.5. The maximum absolute atomic E-state index is 13.3. The summed E-state index contributed by atoms with van der Waals surface area (Å²) < 4.78 is 12.0. The lowest BCUT2D eigenvalue weighted by molar-refractivity contribution is 0.102. The van der Waals surface area contributed by atoms with Crippen molar-refractivity contribution in [3.8, 4) is 28.3 Å². The summed E-state index contributed by atoms with van der Waals surface area (Å²) in [4.78, 5) is 26.5. The molecule has 0 saturated carbocycles. The Kier molecular flexibility index (Phi) is 6.45. The molecule has 0 unspecified atom stereocenters. The normalized spacial score (nSPS) is 10.6. The highest BCUT2D eigenvalue weighted by atomic mass is 16.5. The third kappa shape index (κ3) is 4.54. The van der Waals surface area contributed by atoms with E-state index < -0.39 is 0 Å². The number of amides is 1. The smallest absolute Gasteiger partial charge is 0.256 e. The number of aromatic nitrogens is 2. The first-order valence-corrected chi connectivity index (χ1v) is 10.7. The predicted octanol–water partition coefficient (Wildman–Crippen LogP) is 4.79. The Balaban J connectivity index is 1.91. The standard InChI is InChI=1S/C27H25N3O4/c1-17-5-11-21(12-6-17)30-26(28-27(32)20-9-15-23(34-4)16-10-20)24(25(31)18(2)29-30)19-7-13-22(33-3)14-8-19/h5-16H,1-4H3,(H,28,32). The Morgan fingerprint density at radius 1 is 0.824 bits per heavy atom. The van der Waals surface area contributed by atoms with Crippen molar-refractivity contribution in [2.75, 3.05) is 19.5 Å². The molecule has 0 bridgehead atoms. The van der Waals surface area contributed by atoms with E-state index in [1.54, 1.807) is 74.4 Å². The van der Waals surface area contributed by atoms with Crippen molar-refractivity contribution in [1.82, 2.24) is 9.78 Å². The monoisotopic (exact) mass is 455 g/mol. The molecule has 1 N–H and O–H groups in total. The van der Waals surface area contributed by atoms with Crippen molar-refractivity contribution >= 4 is 11.7 Å². The average molecular weight is 456 g/mol. The van der Waals surface area contributed by atoms with Gasteiger partial charge in [0.1, 0.15) is 23.0 Å². The second-order valence-corrected chi connectivity index (χ2v) is 7.80. The molecule has 1 amide bonds. The van der Waals surface area contributed by atoms with Crippen molar-refractivity contribution in [3.63, 3.8) is 0 Å². The number of carbonyl (C=O) groups is 1. The van der Waals surface area contributed by atoms with Crippen LogP contribution in [-0.4, -0.2) is 29.9 Å². The molecule has 0 aliphatic rings. The molecule has 0 radical (unpaired) electrons. The van der Waals surface area contributed by atoms with E-state index in [-0.39, 0.29) is 17.2 Å². The molecule has 0 aliphatic carbocycles. The summed E-state index contributed by atoms with van der Waals surface area (Å²) in [5.74, 6) is 1.22. The summed E-state index contributed by atoms with van der Waals surface area (Å²) >= 11 is 0. The van der Waals surface area contributed by atoms with Crippen LogP contribution in [0.4, 0.5) is 5.82 Å². The first-order chi connectivity index (χ1) is 16.4. The quantitative estimate of drug-likeness (QED) is 0.452. The highest BCUT2D eigenvalue weighted by molar-refractivity contribution is 6.05. The first kappa shape index (κ1) is 22.8. The SMILES string of the molecule is COc1ccc(C(=O)Nc2c(-c3ccc(OC)cc3)c(=O)c(C)nn2-c2ccc(C)cc2)cc1. The predicted molar refractivity (Wildman–Crippen MR) is 132 cm³/mol. The molecule has 0 aliphatic heterocycles. The van der Waals surface area contributed by atoms with Crippen molar-refractivity contribution in [2.24, 2.45) is 0 Å². The number of methoxy groups -OCH3 is 2. The summed E-state index contributed by atoms with van der Waals surface area (Å²) in [7, 11) is 3.14. The van der Waals surface area contributed by atoms with Crippen LogP contribution in [-0.2, 0) is 0 Å². The number of benzene rings is 3. The van der Waals surface area contributed by atoms with Crippen LogP contribution in [0, 0.1) is 13.8 Å². The van der Waals surface area contributed by atoms with Gasteiger partial charge in [-0.3, -0.25) is 9.59 Å². The van der Waals surface area contributed by atoms with E-state index in [0.717, 1.165) is 5.56 Å². The van der Waals surface area contributed by atoms with Crippen LogP contribution in [0.5, 0.6) is 11.5 Å². The molecule has 7 nitrogen and oxygen atoms in total. The number of aryl methyl sites for hydroxylation is 2. The minimum absolute atomic E-state index is 0.265. The molecule has 4 aromatic rings. The van der Waals surface area contributed by atoms with E-state index in [0.29, 0.717) is 39.6 Å². The maximum Gasteiger partial charge on any atom is 0.256 e. The molecule has 1 aromatic heterocycles. The molecule has 0 fully saturated rings. The van der Waals surface area contributed by atoms with Gasteiger partial charge in [-0.25, -0.2) is 4.68 Å². The topological polar surface area (TPSA) is 82.4 Å². The Labute approximate surface area is 197 Å². The fourth-order valence-electron chi connectivity index (χ4n) is 3.58. The molecular formula is C27H25N3O4. The second kappa shape index (κ2) is 9.62. The molecule has 0 spiro atoms. The third-order valence-corrected chi connectivity index (χ3v) is 5.50. The van der Waals surface area contributed by atoms with E-state index in [4.69, 9.17) is 9.47 Å². The Morgan fingerprint density at radius 3 is 1.94 bits per heavy atom. The second-order valence-electron chi connectivity index (χ2n) is 7.80. The van der Waals surface area contributed by atoms with Gasteiger partial charge in [-0.2, -0.15) is 5.10 Å². The average Bonchev–Trinajstić information content (AvgIpc) is 2.87. The molecule has 0 atom stereocenters. The molecule has 3 aromatic carbocycles. The number of nitrogens with one attached hydrogen (secondary N) is 1. The fourth-order valence-corrected chi connectivity index (χ4v) is 3.58. The minimum atomic E-state index is -0.372. The van der Waals surface area contributed by atoms with Crippen molar-refractivity contribution in [1.29, 1.82) is 0 Å². The number of hydrogen-bond donors (Lipinski definition) is 1. The van der Waals surface area contributed by atoms with Gasteiger partial charge >= 0.3 is 0 Å². The molecule has 7 heteroatoms. The first-order valence-electron chi connectivity index (χ1n) is 10.7. The van der Waals surface area contributed by atoms with E-state index in [1.807, 2.05) is 31.2 Å². The summed E-state index contributed by atoms with van der Waals surface area (Å²) in [6.07, 6.45) is 0. The van der Waals surface area contributed by atoms with Gasteiger partial charge < -0.3 is 14.8 Å². The van der Waals surface area contributed by atoms with Gasteiger partial charge in [-0.05, 0) is 67.9 Å². The lowest BCUT2D eigenvalue weighted by atomic mass is 10.0. The van der Waals surface area contributed by atoms with Gasteiger partial charge in [-0.15, -0.1) is 0 Å². The molecule has 1 heterocycles. The molecule has 172 valence electrons. The number of nitrogens with zero attached hydrogens (tertiary/aromatic N) is 2. The van der Waals surface area contributed by atoms with Crippen LogP contribution < -0.4 is 20.2 Å². The number of rotatable bonds is 6. The zero-order valence-corrected chi connectivity index (χ0v) is 19.5. The molecular weight excluding hydrogens is 430 g/mol. The lowest BCUT2D eigenvalue weighted by Gasteiger charge is -2.19. The van der Waals surface area contributed by atoms with Crippen LogP contribution in [0.25, 0.3) is 16.8 Å². The van der Waals surface area contributed by atoms with Gasteiger partial charge in [0.25, 0.3) is 5.91 Å². The summed E-state index contributed by atoms with van der Waals surface area (Å²) in [6, 6.07) is 21.6. The van der Waals surface area contributed by atoms with E-state index in [1.165, 1.54) is 0 Å². The van der Waals surface area contributed by atoms with Crippen LogP contribution in [0.3, 0.4) is 0 Å². The summed E-state index contributed by atoms with van der Waals surface area (Å²) in [5, 5.41) is 7.44. The van der Waals surface area contributed by atoms with Gasteiger partial charge in [0.2, 0.25) is 5.43 Å². The lowest BCUT2D eigenvalue weighted by Crippen LogP contribution is -2.25. The summed E-state index contributed by atoms with van der Waals surface area (Å²) in [5.41, 5.74) is 3.26. The molecule has 4 rings (SSSR count). The molecule has 34 heavy (non-hydrogen) atoms. The molecule has 0 saturated heterocycles. The van der Waals surface area contributed by atoms with Crippen molar-refractivity contribution in [2.45, 2.75) is 13.8 Å². The Morgan fingerprint density at radius 2 is 1.38 bits per heavy atom. The Hall–Kier alpha value is -4.39. The van der Waals surface area contributed by atoms with Crippen molar-refractivity contribution in [3.05, 3.63) is 99.8 Å². The van der Waals surface area contributed by atoms with Gasteiger partial charge in [0, 0.05) is 5.56 Å². The van der Waals surface area contributed by atoms with Crippen LogP contribution >= 0.6 is 0 Å². The highest BCUT2D eigenvalue weighted by Gasteiger charge is 2.21. The van der Waals surface area contributed by atoms with Gasteiger partial charge in [-0.1, -0.05) is 29.8 Å². The maximum atomic E-state index is 13.3. The van der Waals surface area contributed by atoms with Crippen LogP contribution in [0.2, 0.25) is 0 Å². The van der Waals surface area contributed by atoms with E-state index in [9.17, 15) is 9.59 Å². The van der Waals surface area contributed by atoms with Crippen LogP contribution in [0.1, 0.15) is 21.6 Å². The van der Waals surface area contributed by atoms with E-state index >= 15 is 0 Å². The number of ether oxygens (including phenoxy) is 2. The number of carbonyl (C=O) groups excluding carboxylic acids is 1. The summed E-state index contributed by atoms with van der Waals surface area (Å²) in [6.45, 7) is 3.65. The fraction of sp³-hybridized carbons (Fsp3) is 0.148. The highest BCUT2D eigenvalue weighted by Crippen LogP contribution is 2.29. The number of hydrogen-bond acceptors (Lipinski definition) is 5. The van der Waals surface area contributed by atoms with Crippen molar-refractivity contribution < 1.29 is 14.3 Å². The van der Waals surface area contributed by atoms with Crippen LogP contribution in [0.15, 0.2) is 77.6 Å². The Bertz CT molecular complexity index is 1370. The van der Waals surface area contributed by atoms with Gasteiger partial charge in [0.05, 0.1) is 25.5 Å². The zero-order chi connectivity index (χ0) is 24.2. The van der Waals surface area contributed by atoms with E-state index in [2.05, 4.69) is 10.4 Å².